The van der Waals surface area contributed by atoms with E-state index in [1.54, 1.807) is 17.0 Å². The number of carbonyl (C=O) groups is 1. The summed E-state index contributed by atoms with van der Waals surface area (Å²) in [4.78, 5) is 14.7. The smallest absolute Gasteiger partial charge is 0.257 e. The summed E-state index contributed by atoms with van der Waals surface area (Å²) in [5.41, 5.74) is 0.416. The van der Waals surface area contributed by atoms with Crippen LogP contribution in [0.1, 0.15) is 61.1 Å². The van der Waals surface area contributed by atoms with Crippen molar-refractivity contribution in [2.24, 2.45) is 0 Å². The van der Waals surface area contributed by atoms with Gasteiger partial charge in [0.2, 0.25) is 0 Å². The molecule has 1 saturated heterocycles. The lowest BCUT2D eigenvalue weighted by atomic mass is 9.84. The Hall–Kier alpha value is -1.78. The Labute approximate surface area is 159 Å². The molecule has 5 heteroatoms. The summed E-state index contributed by atoms with van der Waals surface area (Å²) in [5, 5.41) is 11.6. The summed E-state index contributed by atoms with van der Waals surface area (Å²) in [6.07, 6.45) is 1.01. The summed E-state index contributed by atoms with van der Waals surface area (Å²) in [7, 11) is 0. The first-order valence-electron chi connectivity index (χ1n) is 8.99. The highest BCUT2D eigenvalue weighted by Crippen LogP contribution is 2.34. The largest absolute Gasteiger partial charge is 0.465 e. The second-order valence-corrected chi connectivity index (χ2v) is 8.60. The number of halogens is 1. The molecule has 2 aromatic rings. The number of hydrogen-bond acceptors (Lipinski definition) is 3. The molecular formula is C21H26ClNO3. The Balaban J connectivity index is 1.73. The Bertz CT molecular complexity index is 794. The van der Waals surface area contributed by atoms with Crippen molar-refractivity contribution in [2.75, 3.05) is 13.1 Å². The molecule has 1 aromatic heterocycles. The fourth-order valence-electron chi connectivity index (χ4n) is 3.36. The van der Waals surface area contributed by atoms with Crippen molar-refractivity contribution in [1.82, 2.24) is 4.90 Å². The summed E-state index contributed by atoms with van der Waals surface area (Å²) >= 11 is 5.93. The maximum Gasteiger partial charge on any atom is 0.257 e. The number of furan rings is 1. The molecule has 0 spiro atoms. The minimum atomic E-state index is -0.913. The predicted molar refractivity (Wildman–Crippen MR) is 103 cm³/mol. The van der Waals surface area contributed by atoms with Crippen LogP contribution < -0.4 is 0 Å². The molecule has 1 aromatic carbocycles. The van der Waals surface area contributed by atoms with E-state index in [4.69, 9.17) is 16.0 Å². The second-order valence-electron chi connectivity index (χ2n) is 8.16. The topological polar surface area (TPSA) is 53.7 Å². The number of carbonyl (C=O) groups excluding carboxylic acids is 1. The predicted octanol–water partition coefficient (Wildman–Crippen LogP) is 4.66. The Morgan fingerprint density at radius 1 is 1.19 bits per heavy atom. The molecule has 3 rings (SSSR count). The molecule has 2 heterocycles. The number of nitrogens with zero attached hydrogens (tertiary/aromatic N) is 1. The minimum absolute atomic E-state index is 0.0279. The SMILES string of the molecule is Cc1oc(C(C)(C)C)cc1C(=O)N1CCC(O)(c2ccc(Cl)cc2)CC1. The lowest BCUT2D eigenvalue weighted by Crippen LogP contribution is -2.45. The molecule has 140 valence electrons. The van der Waals surface area contributed by atoms with Crippen molar-refractivity contribution in [3.05, 3.63) is 58.0 Å². The number of aryl methyl sites for hydroxylation is 1. The average Bonchev–Trinajstić information content (AvgIpc) is 2.97. The molecule has 1 N–H and O–H groups in total. The number of benzene rings is 1. The van der Waals surface area contributed by atoms with E-state index in [2.05, 4.69) is 20.8 Å². The number of amides is 1. The van der Waals surface area contributed by atoms with Gasteiger partial charge in [0, 0.05) is 23.5 Å². The van der Waals surface area contributed by atoms with Crippen molar-refractivity contribution >= 4 is 17.5 Å². The van der Waals surface area contributed by atoms with E-state index in [-0.39, 0.29) is 11.3 Å². The zero-order valence-electron chi connectivity index (χ0n) is 15.8. The number of likely N-dealkylation sites (tertiary alicyclic amines) is 1. The van der Waals surface area contributed by atoms with E-state index in [1.165, 1.54) is 0 Å². The van der Waals surface area contributed by atoms with Gasteiger partial charge < -0.3 is 14.4 Å². The van der Waals surface area contributed by atoms with Crippen molar-refractivity contribution in [1.29, 1.82) is 0 Å². The van der Waals surface area contributed by atoms with E-state index in [1.807, 2.05) is 25.1 Å². The fraction of sp³-hybridized carbons (Fsp3) is 0.476. The van der Waals surface area contributed by atoms with Crippen LogP contribution >= 0.6 is 11.6 Å². The van der Waals surface area contributed by atoms with Gasteiger partial charge in [-0.15, -0.1) is 0 Å². The molecule has 0 saturated carbocycles. The number of rotatable bonds is 2. The summed E-state index contributed by atoms with van der Waals surface area (Å²) < 4.78 is 5.80. The van der Waals surface area contributed by atoms with Gasteiger partial charge in [0.05, 0.1) is 11.2 Å². The molecular weight excluding hydrogens is 350 g/mol. The molecule has 1 aliphatic heterocycles. The summed E-state index contributed by atoms with van der Waals surface area (Å²) in [5.74, 6) is 1.44. The van der Waals surface area contributed by atoms with E-state index < -0.39 is 5.60 Å². The first kappa shape index (κ1) is 19.0. The first-order chi connectivity index (χ1) is 12.1. The third-order valence-electron chi connectivity index (χ3n) is 5.15. The molecule has 0 bridgehead atoms. The molecule has 1 aliphatic rings. The zero-order valence-corrected chi connectivity index (χ0v) is 16.6. The Morgan fingerprint density at radius 3 is 2.27 bits per heavy atom. The molecule has 26 heavy (non-hydrogen) atoms. The van der Waals surface area contributed by atoms with Gasteiger partial charge in [0.1, 0.15) is 11.5 Å². The average molecular weight is 376 g/mol. The van der Waals surface area contributed by atoms with Crippen molar-refractivity contribution in [3.63, 3.8) is 0 Å². The van der Waals surface area contributed by atoms with Crippen LogP contribution in [0.25, 0.3) is 0 Å². The lowest BCUT2D eigenvalue weighted by molar-refractivity contribution is -0.0211. The maximum atomic E-state index is 12.9. The monoisotopic (exact) mass is 375 g/mol. The van der Waals surface area contributed by atoms with E-state index >= 15 is 0 Å². The highest BCUT2D eigenvalue weighted by Gasteiger charge is 2.36. The molecule has 1 amide bonds. The van der Waals surface area contributed by atoms with E-state index in [9.17, 15) is 9.90 Å². The third kappa shape index (κ3) is 3.67. The molecule has 4 nitrogen and oxygen atoms in total. The molecule has 1 fully saturated rings. The van der Waals surface area contributed by atoms with Crippen LogP contribution in [0.3, 0.4) is 0 Å². The van der Waals surface area contributed by atoms with Gasteiger partial charge in [-0.25, -0.2) is 0 Å². The maximum absolute atomic E-state index is 12.9. The van der Waals surface area contributed by atoms with Crippen LogP contribution in [0.5, 0.6) is 0 Å². The van der Waals surface area contributed by atoms with Gasteiger partial charge >= 0.3 is 0 Å². The Kier molecular flexibility index (Phi) is 4.93. The quantitative estimate of drug-likeness (QED) is 0.830. The summed E-state index contributed by atoms with van der Waals surface area (Å²) in [6, 6.07) is 9.15. The Morgan fingerprint density at radius 2 is 1.77 bits per heavy atom. The summed E-state index contributed by atoms with van der Waals surface area (Å²) in [6.45, 7) is 9.03. The zero-order chi connectivity index (χ0) is 19.1. The normalized spacial score (nSPS) is 17.4. The van der Waals surface area contributed by atoms with Crippen molar-refractivity contribution in [2.45, 2.75) is 51.6 Å². The standard InChI is InChI=1S/C21H26ClNO3/c1-14-17(13-18(26-14)20(2,3)4)19(24)23-11-9-21(25,10-12-23)15-5-7-16(22)8-6-15/h5-8,13,25H,9-12H2,1-4H3. The lowest BCUT2D eigenvalue weighted by Gasteiger charge is -2.38. The van der Waals surface area contributed by atoms with E-state index in [0.717, 1.165) is 11.3 Å². The number of aliphatic hydroxyl groups is 1. The van der Waals surface area contributed by atoms with Gasteiger partial charge in [-0.05, 0) is 43.5 Å². The van der Waals surface area contributed by atoms with Crippen LogP contribution in [-0.2, 0) is 11.0 Å². The van der Waals surface area contributed by atoms with Crippen LogP contribution in [-0.4, -0.2) is 29.0 Å². The van der Waals surface area contributed by atoms with Gasteiger partial charge in [-0.3, -0.25) is 4.79 Å². The highest BCUT2D eigenvalue weighted by molar-refractivity contribution is 6.30. The molecule has 0 aliphatic carbocycles. The van der Waals surface area contributed by atoms with Crippen molar-refractivity contribution < 1.29 is 14.3 Å². The van der Waals surface area contributed by atoms with Gasteiger partial charge in [-0.2, -0.15) is 0 Å². The van der Waals surface area contributed by atoms with Gasteiger partial charge in [0.15, 0.2) is 0 Å². The fourth-order valence-corrected chi connectivity index (χ4v) is 3.49. The van der Waals surface area contributed by atoms with Gasteiger partial charge in [0.25, 0.3) is 5.91 Å². The molecule has 0 radical (unpaired) electrons. The van der Waals surface area contributed by atoms with E-state index in [0.29, 0.717) is 42.3 Å². The number of hydrogen-bond donors (Lipinski definition) is 1. The highest BCUT2D eigenvalue weighted by atomic mass is 35.5. The van der Waals surface area contributed by atoms with Crippen LogP contribution in [0.15, 0.2) is 34.7 Å². The van der Waals surface area contributed by atoms with Crippen molar-refractivity contribution in [3.8, 4) is 0 Å². The first-order valence-corrected chi connectivity index (χ1v) is 9.36. The molecule has 0 unspecified atom stereocenters. The molecule has 0 atom stereocenters. The number of piperidine rings is 1. The van der Waals surface area contributed by atoms with Crippen LogP contribution in [0.2, 0.25) is 5.02 Å². The second kappa shape index (κ2) is 6.75. The third-order valence-corrected chi connectivity index (χ3v) is 5.40. The van der Waals surface area contributed by atoms with Crippen LogP contribution in [0.4, 0.5) is 0 Å². The van der Waals surface area contributed by atoms with Gasteiger partial charge in [-0.1, -0.05) is 44.5 Å². The van der Waals surface area contributed by atoms with Crippen LogP contribution in [0, 0.1) is 6.92 Å². The minimum Gasteiger partial charge on any atom is -0.465 e.